The number of hydrogen-bond acceptors (Lipinski definition) is 2. The number of hydrogen-bond donors (Lipinski definition) is 0. The highest BCUT2D eigenvalue weighted by Gasteiger charge is 2.34. The van der Waals surface area contributed by atoms with Gasteiger partial charge in [-0.2, -0.15) is 13.2 Å². The zero-order valence-corrected chi connectivity index (χ0v) is 10.8. The summed E-state index contributed by atoms with van der Waals surface area (Å²) in [5.74, 6) is -0.797. The second kappa shape index (κ2) is 5.11. The van der Waals surface area contributed by atoms with Crippen molar-refractivity contribution in [1.82, 2.24) is 4.98 Å². The van der Waals surface area contributed by atoms with E-state index in [9.17, 15) is 17.6 Å². The molecular weight excluding hydrogens is 274 g/mol. The quantitative estimate of drug-likeness (QED) is 0.771. The van der Waals surface area contributed by atoms with Crippen LogP contribution in [0, 0.1) is 12.7 Å². The Morgan fingerprint density at radius 1 is 1.15 bits per heavy atom. The average Bonchev–Trinajstić information content (AvgIpc) is 2.38. The lowest BCUT2D eigenvalue weighted by atomic mass is 10.0. The second-order valence-corrected chi connectivity index (χ2v) is 4.18. The fraction of sp³-hybridized carbons (Fsp3) is 0.214. The van der Waals surface area contributed by atoms with Crippen molar-refractivity contribution in [2.75, 3.05) is 7.11 Å². The van der Waals surface area contributed by atoms with E-state index in [0.717, 1.165) is 12.1 Å². The van der Waals surface area contributed by atoms with E-state index in [0.29, 0.717) is 17.0 Å². The van der Waals surface area contributed by atoms with Gasteiger partial charge in [-0.25, -0.2) is 4.39 Å². The number of nitrogens with zero attached hydrogens (tertiary/aromatic N) is 1. The monoisotopic (exact) mass is 285 g/mol. The molecule has 0 unspecified atom stereocenters. The summed E-state index contributed by atoms with van der Waals surface area (Å²) in [4.78, 5) is 4.04. The lowest BCUT2D eigenvalue weighted by Crippen LogP contribution is -2.08. The van der Waals surface area contributed by atoms with Crippen LogP contribution in [0.25, 0.3) is 11.3 Å². The first-order valence-corrected chi connectivity index (χ1v) is 5.71. The summed E-state index contributed by atoms with van der Waals surface area (Å²) in [5, 5.41) is 0. The van der Waals surface area contributed by atoms with Crippen LogP contribution in [-0.4, -0.2) is 12.1 Å². The molecule has 2 nitrogen and oxygen atoms in total. The van der Waals surface area contributed by atoms with Crippen molar-refractivity contribution in [3.05, 3.63) is 47.4 Å². The van der Waals surface area contributed by atoms with Crippen LogP contribution in [0.5, 0.6) is 5.75 Å². The van der Waals surface area contributed by atoms with Gasteiger partial charge in [0.2, 0.25) is 0 Å². The summed E-state index contributed by atoms with van der Waals surface area (Å²) >= 11 is 0. The lowest BCUT2D eigenvalue weighted by Gasteiger charge is -2.12. The number of rotatable bonds is 2. The first-order valence-electron chi connectivity index (χ1n) is 5.71. The molecule has 1 aromatic carbocycles. The molecule has 0 radical (unpaired) electrons. The second-order valence-electron chi connectivity index (χ2n) is 4.18. The van der Waals surface area contributed by atoms with Crippen molar-refractivity contribution in [2.45, 2.75) is 13.1 Å². The molecule has 0 amide bonds. The number of pyridine rings is 1. The molecule has 1 heterocycles. The van der Waals surface area contributed by atoms with E-state index in [4.69, 9.17) is 4.74 Å². The third kappa shape index (κ3) is 2.59. The molecule has 0 aliphatic heterocycles. The third-order valence-electron chi connectivity index (χ3n) is 2.92. The van der Waals surface area contributed by atoms with Gasteiger partial charge in [-0.05, 0) is 31.2 Å². The molecule has 0 saturated heterocycles. The Morgan fingerprint density at radius 3 is 2.45 bits per heavy atom. The highest BCUT2D eigenvalue weighted by Crippen LogP contribution is 2.35. The van der Waals surface area contributed by atoms with Crippen molar-refractivity contribution < 1.29 is 22.3 Å². The van der Waals surface area contributed by atoms with Crippen LogP contribution in [-0.2, 0) is 6.18 Å². The largest absolute Gasteiger partial charge is 0.496 e. The third-order valence-corrected chi connectivity index (χ3v) is 2.92. The maximum atomic E-state index is 13.3. The number of alkyl halides is 3. The van der Waals surface area contributed by atoms with Gasteiger partial charge in [0, 0.05) is 17.3 Å². The Morgan fingerprint density at radius 2 is 1.85 bits per heavy atom. The van der Waals surface area contributed by atoms with Gasteiger partial charge in [0.05, 0.1) is 18.4 Å². The van der Waals surface area contributed by atoms with Gasteiger partial charge in [-0.15, -0.1) is 0 Å². The topological polar surface area (TPSA) is 22.1 Å². The van der Waals surface area contributed by atoms with Gasteiger partial charge in [0.1, 0.15) is 11.6 Å². The minimum Gasteiger partial charge on any atom is -0.496 e. The van der Waals surface area contributed by atoms with Gasteiger partial charge in [-0.3, -0.25) is 4.98 Å². The average molecular weight is 285 g/mol. The SMILES string of the molecule is COc1ccnc(-c2ccc(F)c(C(F)(F)F)c2)c1C. The maximum absolute atomic E-state index is 13.3. The highest BCUT2D eigenvalue weighted by molar-refractivity contribution is 5.66. The molecule has 2 aromatic rings. The van der Waals surface area contributed by atoms with Crippen LogP contribution < -0.4 is 4.74 Å². The Kier molecular flexibility index (Phi) is 3.65. The summed E-state index contributed by atoms with van der Waals surface area (Å²) in [6.45, 7) is 1.68. The van der Waals surface area contributed by atoms with E-state index in [2.05, 4.69) is 4.98 Å². The van der Waals surface area contributed by atoms with Crippen LogP contribution >= 0.6 is 0 Å². The Bertz CT molecular complexity index is 638. The highest BCUT2D eigenvalue weighted by atomic mass is 19.4. The maximum Gasteiger partial charge on any atom is 0.419 e. The molecule has 0 spiro atoms. The molecule has 0 bridgehead atoms. The molecule has 0 aliphatic carbocycles. The van der Waals surface area contributed by atoms with Crippen molar-refractivity contribution in [1.29, 1.82) is 0 Å². The molecule has 106 valence electrons. The summed E-state index contributed by atoms with van der Waals surface area (Å²) in [5.41, 5.74) is -0.196. The van der Waals surface area contributed by atoms with Crippen LogP contribution in [0.4, 0.5) is 17.6 Å². The standard InChI is InChI=1S/C14H11F4NO/c1-8-12(20-2)5-6-19-13(8)9-3-4-11(15)10(7-9)14(16,17)18/h3-7H,1-2H3. The fourth-order valence-corrected chi connectivity index (χ4v) is 1.92. The molecule has 0 N–H and O–H groups in total. The van der Waals surface area contributed by atoms with Gasteiger partial charge in [-0.1, -0.05) is 0 Å². The number of benzene rings is 1. The number of methoxy groups -OCH3 is 1. The molecule has 0 atom stereocenters. The predicted octanol–water partition coefficient (Wildman–Crippen LogP) is 4.22. The van der Waals surface area contributed by atoms with Gasteiger partial charge in [0.25, 0.3) is 0 Å². The molecule has 1 aromatic heterocycles. The summed E-state index contributed by atoms with van der Waals surface area (Å²) in [7, 11) is 1.46. The molecule has 0 aliphatic rings. The van der Waals surface area contributed by atoms with E-state index in [-0.39, 0.29) is 5.56 Å². The van der Waals surface area contributed by atoms with Crippen LogP contribution in [0.2, 0.25) is 0 Å². The van der Waals surface area contributed by atoms with E-state index in [1.807, 2.05) is 0 Å². The summed E-state index contributed by atoms with van der Waals surface area (Å²) in [6.07, 6.45) is -3.31. The molecule has 6 heteroatoms. The van der Waals surface area contributed by atoms with Crippen molar-refractivity contribution >= 4 is 0 Å². The van der Waals surface area contributed by atoms with E-state index >= 15 is 0 Å². The van der Waals surface area contributed by atoms with Crippen molar-refractivity contribution in [3.8, 4) is 17.0 Å². The van der Waals surface area contributed by atoms with Crippen LogP contribution in [0.1, 0.15) is 11.1 Å². The fourth-order valence-electron chi connectivity index (χ4n) is 1.92. The minimum absolute atomic E-state index is 0.190. The first kappa shape index (κ1) is 14.3. The first-order chi connectivity index (χ1) is 9.34. The van der Waals surface area contributed by atoms with Crippen LogP contribution in [0.3, 0.4) is 0 Å². The van der Waals surface area contributed by atoms with E-state index < -0.39 is 17.6 Å². The summed E-state index contributed by atoms with van der Waals surface area (Å²) < 4.78 is 56.5. The lowest BCUT2D eigenvalue weighted by molar-refractivity contribution is -0.139. The van der Waals surface area contributed by atoms with E-state index in [1.54, 1.807) is 13.0 Å². The molecule has 0 fully saturated rings. The smallest absolute Gasteiger partial charge is 0.419 e. The zero-order chi connectivity index (χ0) is 14.9. The molecular formula is C14H11F4NO. The Labute approximate surface area is 113 Å². The molecule has 0 saturated carbocycles. The van der Waals surface area contributed by atoms with Crippen molar-refractivity contribution in [2.24, 2.45) is 0 Å². The number of halogens is 4. The Hall–Kier alpha value is -2.11. The minimum atomic E-state index is -4.74. The zero-order valence-electron chi connectivity index (χ0n) is 10.8. The normalized spacial score (nSPS) is 11.5. The molecule has 20 heavy (non-hydrogen) atoms. The molecule has 2 rings (SSSR count). The van der Waals surface area contributed by atoms with Gasteiger partial charge in [0.15, 0.2) is 0 Å². The van der Waals surface area contributed by atoms with Crippen LogP contribution in [0.15, 0.2) is 30.5 Å². The Balaban J connectivity index is 2.60. The van der Waals surface area contributed by atoms with Gasteiger partial charge >= 0.3 is 6.18 Å². The van der Waals surface area contributed by atoms with Crippen molar-refractivity contribution in [3.63, 3.8) is 0 Å². The predicted molar refractivity (Wildman–Crippen MR) is 65.9 cm³/mol. The number of aromatic nitrogens is 1. The summed E-state index contributed by atoms with van der Waals surface area (Å²) in [6, 6.07) is 4.41. The van der Waals surface area contributed by atoms with E-state index in [1.165, 1.54) is 19.4 Å². The number of ether oxygens (including phenoxy) is 1. The van der Waals surface area contributed by atoms with Gasteiger partial charge < -0.3 is 4.74 Å².